The molecule has 2 atom stereocenters. The molecule has 106 valence electrons. The average molecular weight is 256 g/mol. The van der Waals surface area contributed by atoms with Crippen molar-refractivity contribution >= 4 is 5.91 Å². The number of rotatable bonds is 6. The molecule has 0 spiro atoms. The van der Waals surface area contributed by atoms with Gasteiger partial charge in [-0.05, 0) is 25.2 Å². The summed E-state index contributed by atoms with van der Waals surface area (Å²) in [4.78, 5) is 11.9. The van der Waals surface area contributed by atoms with E-state index in [1.54, 1.807) is 7.11 Å². The largest absolute Gasteiger partial charge is 0.383 e. The zero-order valence-corrected chi connectivity index (χ0v) is 12.2. The van der Waals surface area contributed by atoms with Crippen molar-refractivity contribution < 1.29 is 9.53 Å². The van der Waals surface area contributed by atoms with Crippen LogP contribution >= 0.6 is 0 Å². The molecule has 0 aromatic carbocycles. The number of hydrogen-bond acceptors (Lipinski definition) is 3. The number of methoxy groups -OCH3 is 1. The average Bonchev–Trinajstić information content (AvgIpc) is 2.31. The first kappa shape index (κ1) is 15.4. The molecule has 0 aromatic heterocycles. The monoisotopic (exact) mass is 256 g/mol. The van der Waals surface area contributed by atoms with E-state index in [-0.39, 0.29) is 11.9 Å². The first-order valence-corrected chi connectivity index (χ1v) is 7.00. The summed E-state index contributed by atoms with van der Waals surface area (Å²) < 4.78 is 4.92. The van der Waals surface area contributed by atoms with Gasteiger partial charge in [-0.15, -0.1) is 0 Å². The molecule has 1 fully saturated rings. The number of hydrogen-bond donors (Lipinski definition) is 2. The lowest BCUT2D eigenvalue weighted by molar-refractivity contribution is -0.123. The van der Waals surface area contributed by atoms with Crippen LogP contribution in [0, 0.1) is 5.41 Å². The smallest absolute Gasteiger partial charge is 0.236 e. The van der Waals surface area contributed by atoms with Crippen LogP contribution in [0.15, 0.2) is 0 Å². The molecule has 18 heavy (non-hydrogen) atoms. The molecular formula is C14H28N2O2. The maximum Gasteiger partial charge on any atom is 0.236 e. The third kappa shape index (κ3) is 4.58. The topological polar surface area (TPSA) is 50.4 Å². The molecule has 0 aliphatic heterocycles. The molecule has 1 saturated carbocycles. The molecular weight excluding hydrogens is 228 g/mol. The lowest BCUT2D eigenvalue weighted by atomic mass is 9.73. The van der Waals surface area contributed by atoms with Gasteiger partial charge in [-0.3, -0.25) is 4.79 Å². The van der Waals surface area contributed by atoms with Crippen LogP contribution in [0.3, 0.4) is 0 Å². The van der Waals surface area contributed by atoms with Crippen molar-refractivity contribution in [2.45, 2.75) is 58.5 Å². The first-order valence-electron chi connectivity index (χ1n) is 7.00. The van der Waals surface area contributed by atoms with Crippen LogP contribution < -0.4 is 10.6 Å². The number of carbonyl (C=O) groups excluding carboxylic acids is 1. The summed E-state index contributed by atoms with van der Waals surface area (Å²) >= 11 is 0. The molecule has 0 aromatic rings. The Morgan fingerprint density at radius 1 is 1.44 bits per heavy atom. The number of amides is 1. The van der Waals surface area contributed by atoms with E-state index in [1.807, 2.05) is 6.92 Å². The van der Waals surface area contributed by atoms with Gasteiger partial charge in [0.2, 0.25) is 5.91 Å². The van der Waals surface area contributed by atoms with E-state index in [2.05, 4.69) is 24.5 Å². The maximum atomic E-state index is 11.9. The van der Waals surface area contributed by atoms with Crippen LogP contribution in [0.1, 0.15) is 46.5 Å². The van der Waals surface area contributed by atoms with Gasteiger partial charge >= 0.3 is 0 Å². The Morgan fingerprint density at radius 2 is 2.17 bits per heavy atom. The van der Waals surface area contributed by atoms with E-state index in [0.717, 1.165) is 0 Å². The third-order valence-corrected chi connectivity index (χ3v) is 3.96. The van der Waals surface area contributed by atoms with Crippen LogP contribution in [0.2, 0.25) is 0 Å². The minimum absolute atomic E-state index is 0.0634. The van der Waals surface area contributed by atoms with Gasteiger partial charge in [0.25, 0.3) is 0 Å². The highest BCUT2D eigenvalue weighted by molar-refractivity contribution is 5.81. The highest BCUT2D eigenvalue weighted by atomic mass is 16.5. The lowest BCUT2D eigenvalue weighted by Gasteiger charge is -2.40. The van der Waals surface area contributed by atoms with E-state index in [9.17, 15) is 4.79 Å². The van der Waals surface area contributed by atoms with Crippen molar-refractivity contribution in [2.24, 2.45) is 5.41 Å². The summed E-state index contributed by atoms with van der Waals surface area (Å²) in [5.41, 5.74) is 0.291. The first-order chi connectivity index (χ1) is 8.47. The molecule has 4 nitrogen and oxygen atoms in total. The molecule has 4 heteroatoms. The number of ether oxygens (including phenoxy) is 1. The van der Waals surface area contributed by atoms with Crippen molar-refractivity contribution in [3.05, 3.63) is 0 Å². The minimum atomic E-state index is -0.135. The Morgan fingerprint density at radius 3 is 2.78 bits per heavy atom. The summed E-state index contributed by atoms with van der Waals surface area (Å²) in [5.74, 6) is 0.0634. The van der Waals surface area contributed by atoms with E-state index in [0.29, 0.717) is 24.6 Å². The predicted molar refractivity (Wildman–Crippen MR) is 73.5 cm³/mol. The van der Waals surface area contributed by atoms with Crippen molar-refractivity contribution in [1.82, 2.24) is 10.6 Å². The molecule has 1 aliphatic carbocycles. The zero-order valence-electron chi connectivity index (χ0n) is 12.2. The SMILES string of the molecule is COCCNC(=O)C(C)NC1CCCCC1(C)C. The summed E-state index contributed by atoms with van der Waals surface area (Å²) in [6, 6.07) is 0.304. The summed E-state index contributed by atoms with van der Waals surface area (Å²) in [6.07, 6.45) is 4.98. The normalized spacial score (nSPS) is 24.6. The fourth-order valence-corrected chi connectivity index (χ4v) is 2.61. The fraction of sp³-hybridized carbons (Fsp3) is 0.929. The second-order valence-electron chi connectivity index (χ2n) is 5.96. The second kappa shape index (κ2) is 7.10. The molecule has 1 amide bonds. The zero-order chi connectivity index (χ0) is 13.6. The Kier molecular flexibility index (Phi) is 6.09. The summed E-state index contributed by atoms with van der Waals surface area (Å²) in [5, 5.41) is 6.36. The van der Waals surface area contributed by atoms with Gasteiger partial charge in [-0.2, -0.15) is 0 Å². The quantitative estimate of drug-likeness (QED) is 0.711. The Balaban J connectivity index is 2.38. The molecule has 0 heterocycles. The van der Waals surface area contributed by atoms with Crippen LogP contribution in [-0.4, -0.2) is 38.3 Å². The standard InChI is InChI=1S/C14H28N2O2/c1-11(13(17)15-9-10-18-4)16-12-7-5-6-8-14(12,2)3/h11-12,16H,5-10H2,1-4H3,(H,15,17). The number of carbonyl (C=O) groups is 1. The second-order valence-corrected chi connectivity index (χ2v) is 5.96. The third-order valence-electron chi connectivity index (χ3n) is 3.96. The van der Waals surface area contributed by atoms with E-state index < -0.39 is 0 Å². The van der Waals surface area contributed by atoms with Gasteiger partial charge in [0, 0.05) is 19.7 Å². The van der Waals surface area contributed by atoms with Crippen LogP contribution in [-0.2, 0) is 9.53 Å². The van der Waals surface area contributed by atoms with Crippen molar-refractivity contribution in [3.63, 3.8) is 0 Å². The molecule has 2 unspecified atom stereocenters. The van der Waals surface area contributed by atoms with Gasteiger partial charge in [0.15, 0.2) is 0 Å². The van der Waals surface area contributed by atoms with E-state index in [1.165, 1.54) is 25.7 Å². The molecule has 1 aliphatic rings. The molecule has 2 N–H and O–H groups in total. The highest BCUT2D eigenvalue weighted by Gasteiger charge is 2.33. The molecule has 1 rings (SSSR count). The van der Waals surface area contributed by atoms with E-state index in [4.69, 9.17) is 4.74 Å². The molecule has 0 saturated heterocycles. The van der Waals surface area contributed by atoms with Gasteiger partial charge < -0.3 is 15.4 Å². The Bertz CT molecular complexity index is 267. The fourth-order valence-electron chi connectivity index (χ4n) is 2.61. The van der Waals surface area contributed by atoms with Crippen LogP contribution in [0.4, 0.5) is 0 Å². The highest BCUT2D eigenvalue weighted by Crippen LogP contribution is 2.35. The van der Waals surface area contributed by atoms with Crippen LogP contribution in [0.25, 0.3) is 0 Å². The predicted octanol–water partition coefficient (Wildman–Crippen LogP) is 1.70. The van der Waals surface area contributed by atoms with E-state index >= 15 is 0 Å². The van der Waals surface area contributed by atoms with Gasteiger partial charge in [0.1, 0.15) is 0 Å². The van der Waals surface area contributed by atoms with Gasteiger partial charge in [-0.25, -0.2) is 0 Å². The van der Waals surface area contributed by atoms with Gasteiger partial charge in [0.05, 0.1) is 12.6 Å². The minimum Gasteiger partial charge on any atom is -0.383 e. The maximum absolute atomic E-state index is 11.9. The Labute approximate surface area is 111 Å². The summed E-state index contributed by atoms with van der Waals surface area (Å²) in [7, 11) is 1.64. The van der Waals surface area contributed by atoms with Gasteiger partial charge in [-0.1, -0.05) is 26.7 Å². The summed E-state index contributed by atoms with van der Waals surface area (Å²) in [6.45, 7) is 7.66. The van der Waals surface area contributed by atoms with Crippen molar-refractivity contribution in [2.75, 3.05) is 20.3 Å². The molecule has 0 radical (unpaired) electrons. The lowest BCUT2D eigenvalue weighted by Crippen LogP contribution is -2.52. The Hall–Kier alpha value is -0.610. The number of nitrogens with one attached hydrogen (secondary N) is 2. The van der Waals surface area contributed by atoms with Crippen molar-refractivity contribution in [3.8, 4) is 0 Å². The van der Waals surface area contributed by atoms with Crippen LogP contribution in [0.5, 0.6) is 0 Å². The van der Waals surface area contributed by atoms with Crippen molar-refractivity contribution in [1.29, 1.82) is 0 Å². The molecule has 0 bridgehead atoms.